The van der Waals surface area contributed by atoms with Crippen LogP contribution >= 0.6 is 23.2 Å². The van der Waals surface area contributed by atoms with Crippen LogP contribution in [0.2, 0.25) is 10.0 Å². The van der Waals surface area contributed by atoms with Gasteiger partial charge in [-0.05, 0) is 56.6 Å². The molecule has 2 saturated heterocycles. The van der Waals surface area contributed by atoms with Crippen LogP contribution in [0.15, 0.2) is 42.5 Å². The zero-order valence-electron chi connectivity index (χ0n) is 19.6. The molecule has 2 aliphatic rings. The van der Waals surface area contributed by atoms with Crippen molar-refractivity contribution >= 4 is 45.8 Å². The molecule has 1 amide bonds. The summed E-state index contributed by atoms with van der Waals surface area (Å²) in [5.74, 6) is 1.42. The predicted octanol–water partition coefficient (Wildman–Crippen LogP) is 4.92. The maximum Gasteiger partial charge on any atom is 0.227 e. The van der Waals surface area contributed by atoms with Gasteiger partial charge in [0.25, 0.3) is 0 Å². The van der Waals surface area contributed by atoms with Crippen LogP contribution < -0.4 is 4.90 Å². The maximum absolute atomic E-state index is 13.4. The fraction of sp³-hybridized carbons (Fsp3) is 0.462. The number of carbonyl (C=O) groups is 1. The molecule has 34 heavy (non-hydrogen) atoms. The molecule has 0 spiro atoms. The number of amides is 1. The average Bonchev–Trinajstić information content (AvgIpc) is 3.22. The third kappa shape index (κ3) is 4.77. The second kappa shape index (κ2) is 10.1. The number of benzene rings is 2. The molecule has 3 aromatic rings. The summed E-state index contributed by atoms with van der Waals surface area (Å²) in [6, 6.07) is 13.9. The highest BCUT2D eigenvalue weighted by molar-refractivity contribution is 6.35. The van der Waals surface area contributed by atoms with Crippen molar-refractivity contribution in [2.45, 2.75) is 32.9 Å². The number of nitrogens with zero attached hydrogens (tertiary/aromatic N) is 5. The molecule has 5 rings (SSSR count). The summed E-state index contributed by atoms with van der Waals surface area (Å²) >= 11 is 12.6. The van der Waals surface area contributed by atoms with Crippen molar-refractivity contribution < 1.29 is 4.79 Å². The minimum Gasteiger partial charge on any atom is -0.367 e. The molecule has 0 aliphatic carbocycles. The third-order valence-corrected chi connectivity index (χ3v) is 7.66. The fourth-order valence-corrected chi connectivity index (χ4v) is 5.76. The van der Waals surface area contributed by atoms with E-state index in [1.807, 2.05) is 23.1 Å². The Hall–Kier alpha value is -2.28. The first-order chi connectivity index (χ1) is 16.5. The molecule has 0 radical (unpaired) electrons. The van der Waals surface area contributed by atoms with Crippen molar-refractivity contribution in [2.24, 2.45) is 5.92 Å². The van der Waals surface area contributed by atoms with Crippen molar-refractivity contribution in [3.8, 4) is 0 Å². The molecule has 8 heteroatoms. The number of piperazine rings is 1. The van der Waals surface area contributed by atoms with Crippen LogP contribution in [0.1, 0.15) is 25.6 Å². The molecular formula is C26H31Cl2N5O. The number of likely N-dealkylation sites (tertiary alicyclic amines) is 1. The quantitative estimate of drug-likeness (QED) is 0.499. The van der Waals surface area contributed by atoms with Gasteiger partial charge in [-0.25, -0.2) is 4.98 Å². The summed E-state index contributed by atoms with van der Waals surface area (Å²) in [7, 11) is 0. The van der Waals surface area contributed by atoms with Crippen molar-refractivity contribution in [3.63, 3.8) is 0 Å². The van der Waals surface area contributed by atoms with E-state index in [0.717, 1.165) is 69.1 Å². The lowest BCUT2D eigenvalue weighted by atomic mass is 9.96. The van der Waals surface area contributed by atoms with Crippen LogP contribution in [0.25, 0.3) is 11.0 Å². The molecule has 0 bridgehead atoms. The Morgan fingerprint density at radius 1 is 1.06 bits per heavy atom. The van der Waals surface area contributed by atoms with Gasteiger partial charge in [-0.1, -0.05) is 35.3 Å². The summed E-state index contributed by atoms with van der Waals surface area (Å²) in [4.78, 5) is 24.9. The van der Waals surface area contributed by atoms with Crippen LogP contribution in [-0.4, -0.2) is 64.5 Å². The first-order valence-corrected chi connectivity index (χ1v) is 12.9. The van der Waals surface area contributed by atoms with Crippen LogP contribution in [0.5, 0.6) is 0 Å². The van der Waals surface area contributed by atoms with Crippen molar-refractivity contribution in [1.82, 2.24) is 19.4 Å². The average molecular weight is 500 g/mol. The summed E-state index contributed by atoms with van der Waals surface area (Å²) in [6.07, 6.45) is 2.00. The highest BCUT2D eigenvalue weighted by Gasteiger charge is 2.32. The van der Waals surface area contributed by atoms with Gasteiger partial charge in [0.15, 0.2) is 0 Å². The number of para-hydroxylation sites is 2. The lowest BCUT2D eigenvalue weighted by Crippen LogP contribution is -2.52. The second-order valence-corrected chi connectivity index (χ2v) is 10.1. The summed E-state index contributed by atoms with van der Waals surface area (Å²) in [5.41, 5.74) is 3.17. The molecule has 1 aromatic heterocycles. The Bertz CT molecular complexity index is 1170. The number of anilines is 1. The SMILES string of the molecule is CCn1c(CN2CCC[C@@H](C(=O)N3CCN(c4cc(Cl)ccc4Cl)CC3)C2)nc2ccccc21. The van der Waals surface area contributed by atoms with Crippen molar-refractivity contribution in [1.29, 1.82) is 0 Å². The molecule has 2 aromatic carbocycles. The number of imidazole rings is 1. The first-order valence-electron chi connectivity index (χ1n) is 12.2. The van der Waals surface area contributed by atoms with Gasteiger partial charge < -0.3 is 14.4 Å². The van der Waals surface area contributed by atoms with Gasteiger partial charge in [-0.3, -0.25) is 9.69 Å². The van der Waals surface area contributed by atoms with Crippen molar-refractivity contribution in [2.75, 3.05) is 44.2 Å². The normalized spacial score (nSPS) is 19.7. The number of fused-ring (bicyclic) bond motifs is 1. The number of hydrogen-bond donors (Lipinski definition) is 0. The Labute approximate surface area is 211 Å². The van der Waals surface area contributed by atoms with E-state index in [4.69, 9.17) is 28.2 Å². The van der Waals surface area contributed by atoms with Crippen LogP contribution in [0, 0.1) is 5.92 Å². The lowest BCUT2D eigenvalue weighted by Gasteiger charge is -2.40. The molecule has 1 atom stereocenters. The minimum absolute atomic E-state index is 0.0505. The number of aromatic nitrogens is 2. The van der Waals surface area contributed by atoms with Gasteiger partial charge in [-0.15, -0.1) is 0 Å². The predicted molar refractivity (Wildman–Crippen MR) is 139 cm³/mol. The molecule has 0 saturated carbocycles. The second-order valence-electron chi connectivity index (χ2n) is 9.24. The standard InChI is InChI=1S/C26H31Cl2N5O/c1-2-33-23-8-4-3-7-22(23)29-25(33)18-30-11-5-6-19(17-30)26(34)32-14-12-31(13-15-32)24-16-20(27)9-10-21(24)28/h3-4,7-10,16,19H,2,5-6,11-15,17-18H2,1H3/t19-/m1/s1. The van der Waals surface area contributed by atoms with Crippen LogP contribution in [0.4, 0.5) is 5.69 Å². The smallest absolute Gasteiger partial charge is 0.227 e. The summed E-state index contributed by atoms with van der Waals surface area (Å²) in [5, 5.41) is 1.38. The van der Waals surface area contributed by atoms with Gasteiger partial charge >= 0.3 is 0 Å². The first kappa shape index (κ1) is 23.5. The molecule has 2 fully saturated rings. The monoisotopic (exact) mass is 499 g/mol. The largest absolute Gasteiger partial charge is 0.367 e. The fourth-order valence-electron chi connectivity index (χ4n) is 5.35. The zero-order chi connectivity index (χ0) is 23.7. The number of halogens is 2. The lowest BCUT2D eigenvalue weighted by molar-refractivity contribution is -0.137. The van der Waals surface area contributed by atoms with Gasteiger partial charge in [0, 0.05) is 44.3 Å². The Kier molecular flexibility index (Phi) is 7.00. The Morgan fingerprint density at radius 2 is 1.85 bits per heavy atom. The minimum atomic E-state index is 0.0505. The maximum atomic E-state index is 13.4. The molecule has 3 heterocycles. The highest BCUT2D eigenvalue weighted by atomic mass is 35.5. The number of aryl methyl sites for hydroxylation is 1. The van der Waals surface area contributed by atoms with Gasteiger partial charge in [0.1, 0.15) is 5.82 Å². The topological polar surface area (TPSA) is 44.6 Å². The number of piperidine rings is 1. The van der Waals surface area contributed by atoms with E-state index < -0.39 is 0 Å². The van der Waals surface area contributed by atoms with Gasteiger partial charge in [-0.2, -0.15) is 0 Å². The molecule has 6 nitrogen and oxygen atoms in total. The van der Waals surface area contributed by atoms with Crippen LogP contribution in [-0.2, 0) is 17.9 Å². The number of rotatable bonds is 5. The van der Waals surface area contributed by atoms with E-state index in [-0.39, 0.29) is 11.8 Å². The number of hydrogen-bond acceptors (Lipinski definition) is 4. The van der Waals surface area contributed by atoms with E-state index in [1.165, 1.54) is 5.52 Å². The Balaban J connectivity index is 1.21. The summed E-state index contributed by atoms with van der Waals surface area (Å²) in [6.45, 7) is 8.61. The molecule has 0 unspecified atom stereocenters. The molecule has 0 N–H and O–H groups in total. The highest BCUT2D eigenvalue weighted by Crippen LogP contribution is 2.30. The third-order valence-electron chi connectivity index (χ3n) is 7.11. The van der Waals surface area contributed by atoms with E-state index in [2.05, 4.69) is 39.5 Å². The van der Waals surface area contributed by atoms with Gasteiger partial charge in [0.2, 0.25) is 5.91 Å². The van der Waals surface area contributed by atoms with Crippen molar-refractivity contribution in [3.05, 3.63) is 58.3 Å². The molecule has 180 valence electrons. The molecular weight excluding hydrogens is 469 g/mol. The van der Waals surface area contributed by atoms with E-state index in [9.17, 15) is 4.79 Å². The summed E-state index contributed by atoms with van der Waals surface area (Å²) < 4.78 is 2.29. The van der Waals surface area contributed by atoms with Gasteiger partial charge in [0.05, 0.1) is 34.2 Å². The van der Waals surface area contributed by atoms with E-state index in [0.29, 0.717) is 23.1 Å². The Morgan fingerprint density at radius 3 is 2.65 bits per heavy atom. The van der Waals surface area contributed by atoms with E-state index in [1.54, 1.807) is 6.07 Å². The van der Waals surface area contributed by atoms with E-state index >= 15 is 0 Å². The zero-order valence-corrected chi connectivity index (χ0v) is 21.1. The molecule has 2 aliphatic heterocycles. The number of carbonyl (C=O) groups excluding carboxylic acids is 1. The van der Waals surface area contributed by atoms with Crippen LogP contribution in [0.3, 0.4) is 0 Å².